The minimum atomic E-state index is -3.10. The third-order valence-corrected chi connectivity index (χ3v) is 28.2. The van der Waals surface area contributed by atoms with E-state index in [4.69, 9.17) is 33.7 Å². The van der Waals surface area contributed by atoms with Gasteiger partial charge >= 0.3 is 6.61 Å². The minimum Gasteiger partial charge on any atom is -0.508 e. The Morgan fingerprint density at radius 2 is 0.700 bits per heavy atom. The first-order valence-corrected chi connectivity index (χ1v) is 49.3. The number of hydrogen-bond donors (Lipinski definition) is 12. The number of phenolic OH excluding ortho intramolecular Hbond substituents is 4. The zero-order chi connectivity index (χ0) is 106. The van der Waals surface area contributed by atoms with Gasteiger partial charge in [-0.3, -0.25) is 33.8 Å². The van der Waals surface area contributed by atoms with E-state index in [0.717, 1.165) is 116 Å². The van der Waals surface area contributed by atoms with Gasteiger partial charge in [-0.1, -0.05) is 103 Å². The summed E-state index contributed by atoms with van der Waals surface area (Å²) in [6.07, 6.45) is 13.9. The molecule has 6 saturated carbocycles. The van der Waals surface area contributed by atoms with Crippen molar-refractivity contribution in [2.24, 2.45) is 5.73 Å². The number of phenols is 4. The lowest BCUT2D eigenvalue weighted by atomic mass is 9.97. The van der Waals surface area contributed by atoms with Crippen molar-refractivity contribution in [2.75, 3.05) is 0 Å². The van der Waals surface area contributed by atoms with E-state index in [1.807, 2.05) is 36.4 Å². The number of nitrogens with two attached hydrogens (primary N) is 1. The number of nitrogens with zero attached hydrogens (tertiary/aromatic N) is 7. The number of hydrogen-bond acceptors (Lipinski definition) is 20. The van der Waals surface area contributed by atoms with Crippen LogP contribution in [0, 0.1) is 23.3 Å². The molecule has 0 bridgehead atoms. The Hall–Kier alpha value is -15.9. The third-order valence-electron chi connectivity index (χ3n) is 27.5. The van der Waals surface area contributed by atoms with Gasteiger partial charge in [0, 0.05) is 162 Å². The van der Waals surface area contributed by atoms with Crippen LogP contribution >= 0.6 is 23.2 Å². The highest BCUT2D eigenvalue weighted by Crippen LogP contribution is 2.50. The monoisotopic (exact) mass is 2070 g/mol. The van der Waals surface area contributed by atoms with Crippen molar-refractivity contribution >= 4 is 94.4 Å². The predicted molar refractivity (Wildman–Crippen MR) is 563 cm³/mol. The molecular formula is C116H98Cl2F6N8O18. The molecule has 34 heteroatoms. The molecule has 18 aromatic rings. The lowest BCUT2D eigenvalue weighted by Gasteiger charge is -2.18. The number of aromatic hydroxyl groups is 5. The zero-order valence-corrected chi connectivity index (χ0v) is 81.6. The Bertz CT molecular complexity index is 8770. The summed E-state index contributed by atoms with van der Waals surface area (Å²) in [7, 11) is 0. The highest BCUT2D eigenvalue weighted by atomic mass is 35.5. The summed E-state index contributed by atoms with van der Waals surface area (Å²) < 4.78 is 100.0. The van der Waals surface area contributed by atoms with Gasteiger partial charge in [-0.05, 0) is 266 Å². The quantitative estimate of drug-likeness (QED) is 0.0235. The normalized spacial score (nSPS) is 14.2. The van der Waals surface area contributed by atoms with Crippen LogP contribution in [-0.4, -0.2) is 95.2 Å². The second-order valence-corrected chi connectivity index (χ2v) is 38.6. The molecular weight excluding hydrogens is 1980 g/mol. The maximum absolute atomic E-state index is 14.9. The standard InChI is InChI=1S/C21H18FNO4.C20H19FN2O2.C19H15ClFNO3.C19H16ClNO3.C19H15F2NO4.C18H15FN2O2/c1-11(25)20-17(10-24)16-8-18(22)15(12-2-6-14(26)7-3-12)9-19(16)23(21(20)27)13-4-5-13;21-18-8-17-14(11-24)7-20(25)23(15-5-6-15)19(17)9-16(18)13-3-1-12(10-22)2-4-13;20-18-17(10-1-5-13(24)6-2-10)15(21)8-14-11(9-23)7-16(25)22(19(14)18)12-3-4-12;20-17-8-16-12(10-22)7-19(24)21(13-3-4-13)18(16)9-15(17)11-1-5-14(23)6-2-11;20-19(21)26-18-13(10-1-5-12(23)6-2-10)7-8-14-15(24)9-16(25)22(17(14)18)11-3-4-11;19-16-8-15-12(10-22)7-18(23)21(13-1-2-13)17(15)9-14(16)11-3-5-20-6-4-11/h2-3,6-9,13,24-26H,1,4-5,10H2;1-4,7-9,15,24H,5-6,10-11,22H2;1-2,5-8,12,23-24H,3-4,9H2;1-2,5-9,13,22-23H,3-4,10H2;1-2,5-9,11,19,23-24H,3-4H2;3-9,13,22H,1-2,10H2. The number of fused-ring (bicyclic) bond motifs is 6. The number of ether oxygens (including phenoxy) is 1. The zero-order valence-electron chi connectivity index (χ0n) is 80.1. The van der Waals surface area contributed by atoms with Crippen LogP contribution in [0.15, 0.2) is 278 Å². The fourth-order valence-electron chi connectivity index (χ4n) is 19.4. The number of aromatic nitrogens is 7. The van der Waals surface area contributed by atoms with E-state index >= 15 is 0 Å². The van der Waals surface area contributed by atoms with Crippen LogP contribution in [0.3, 0.4) is 0 Å². The number of alkyl halides is 2. The van der Waals surface area contributed by atoms with Crippen LogP contribution in [0.5, 0.6) is 34.5 Å². The van der Waals surface area contributed by atoms with Crippen molar-refractivity contribution < 1.29 is 87.3 Å². The largest absolute Gasteiger partial charge is 0.508 e. The lowest BCUT2D eigenvalue weighted by Crippen LogP contribution is -2.25. The van der Waals surface area contributed by atoms with Crippen molar-refractivity contribution in [2.45, 2.75) is 159 Å². The van der Waals surface area contributed by atoms with Gasteiger partial charge in [-0.25, -0.2) is 17.6 Å². The Morgan fingerprint density at radius 3 is 1.10 bits per heavy atom. The molecule has 0 atom stereocenters. The summed E-state index contributed by atoms with van der Waals surface area (Å²) >= 11 is 13.0. The number of benzene rings is 11. The highest BCUT2D eigenvalue weighted by molar-refractivity contribution is 6.38. The molecule has 0 radical (unpaired) electrons. The molecule has 7 heterocycles. The molecule has 6 aliphatic carbocycles. The van der Waals surface area contributed by atoms with E-state index in [-0.39, 0.29) is 169 Å². The van der Waals surface area contributed by atoms with E-state index in [9.17, 15) is 111 Å². The Morgan fingerprint density at radius 1 is 0.367 bits per heavy atom. The van der Waals surface area contributed by atoms with Gasteiger partial charge < -0.3 is 94.0 Å². The molecule has 766 valence electrons. The van der Waals surface area contributed by atoms with E-state index in [2.05, 4.69) is 11.6 Å². The van der Waals surface area contributed by atoms with Gasteiger partial charge in [0.1, 0.15) is 57.8 Å². The minimum absolute atomic E-state index is 0.0241. The predicted octanol–water partition coefficient (Wildman–Crippen LogP) is 21.9. The molecule has 0 amide bonds. The Balaban J connectivity index is 0.000000113. The summed E-state index contributed by atoms with van der Waals surface area (Å²) in [4.78, 5) is 79.1. The van der Waals surface area contributed by atoms with E-state index in [0.29, 0.717) is 116 Å². The summed E-state index contributed by atoms with van der Waals surface area (Å²) in [5.74, 6) is -2.33. The third kappa shape index (κ3) is 21.0. The molecule has 24 rings (SSSR count). The second-order valence-electron chi connectivity index (χ2n) is 37.8. The SMILES string of the molecule is C=C(O)c1c(CO)c2cc(F)c(-c3ccc(O)cc3)cc2n(C2CC2)c1=O.NCc1ccc(-c2cc3c(cc2F)c(CO)cc(=O)n3C2CC2)cc1.O=c1cc(CO)c2cc(Cl)c(-c3ccc(O)cc3)cc2n1C1CC1.O=c1cc(CO)c2cc(F)c(-c3ccc(O)cc3)c(Cl)c2n1C1CC1.O=c1cc(CO)c2cc(F)c(-c3ccncc3)cc2n1C1CC1.O=c1cc(O)c2ccc(-c3ccc(O)cc3)c(OC(F)F)c2n1C1CC1. The second kappa shape index (κ2) is 42.7. The summed E-state index contributed by atoms with van der Waals surface area (Å²) in [5, 5.41) is 110. The fraction of sp³-hybridized carbons (Fsp3) is 0.216. The van der Waals surface area contributed by atoms with E-state index in [1.165, 1.54) is 89.5 Å². The molecule has 6 aliphatic rings. The fourth-order valence-corrected chi connectivity index (χ4v) is 20.0. The van der Waals surface area contributed by atoms with Gasteiger partial charge in [0.05, 0.1) is 76.7 Å². The number of pyridine rings is 7. The number of aliphatic hydroxyl groups is 6. The van der Waals surface area contributed by atoms with Crippen molar-refractivity contribution in [3.8, 4) is 101 Å². The van der Waals surface area contributed by atoms with Gasteiger partial charge in [0.15, 0.2) is 5.75 Å². The van der Waals surface area contributed by atoms with Crippen LogP contribution in [0.1, 0.15) is 152 Å². The van der Waals surface area contributed by atoms with Crippen molar-refractivity contribution in [3.05, 3.63) is 384 Å². The molecule has 0 saturated heterocycles. The van der Waals surface area contributed by atoms with Crippen LogP contribution in [0.4, 0.5) is 26.3 Å². The summed E-state index contributed by atoms with van der Waals surface area (Å²) in [6, 6.07) is 60.4. The average molecular weight is 2080 g/mol. The molecule has 13 N–H and O–H groups in total. The summed E-state index contributed by atoms with van der Waals surface area (Å²) in [6.45, 7) is -0.904. The number of aliphatic hydroxyl groups excluding tert-OH is 6. The lowest BCUT2D eigenvalue weighted by molar-refractivity contribution is -0.0486. The van der Waals surface area contributed by atoms with Crippen LogP contribution in [-0.2, 0) is 39.6 Å². The van der Waals surface area contributed by atoms with Gasteiger partial charge in [-0.15, -0.1) is 0 Å². The van der Waals surface area contributed by atoms with Gasteiger partial charge in [-0.2, -0.15) is 8.78 Å². The van der Waals surface area contributed by atoms with Crippen LogP contribution in [0.25, 0.3) is 138 Å². The van der Waals surface area contributed by atoms with E-state index < -0.39 is 41.7 Å². The van der Waals surface area contributed by atoms with Gasteiger partial charge in [0.2, 0.25) is 0 Å². The molecule has 11 aromatic carbocycles. The maximum atomic E-state index is 14.9. The van der Waals surface area contributed by atoms with Crippen molar-refractivity contribution in [1.82, 2.24) is 32.4 Å². The molecule has 6 fully saturated rings. The number of rotatable bonds is 21. The smallest absolute Gasteiger partial charge is 0.387 e. The van der Waals surface area contributed by atoms with Crippen LogP contribution < -0.4 is 43.8 Å². The van der Waals surface area contributed by atoms with Crippen LogP contribution in [0.2, 0.25) is 10.0 Å². The number of halogens is 8. The molecule has 150 heavy (non-hydrogen) atoms. The molecule has 0 unspecified atom stereocenters. The van der Waals surface area contributed by atoms with Gasteiger partial charge in [0.25, 0.3) is 33.4 Å². The first kappa shape index (κ1) is 103. The van der Waals surface area contributed by atoms with E-state index in [1.54, 1.807) is 138 Å². The van der Waals surface area contributed by atoms with Crippen molar-refractivity contribution in [3.63, 3.8) is 0 Å². The summed E-state index contributed by atoms with van der Waals surface area (Å²) in [5.41, 5.74) is 16.7. The van der Waals surface area contributed by atoms with Crippen molar-refractivity contribution in [1.29, 1.82) is 0 Å². The highest BCUT2D eigenvalue weighted by Gasteiger charge is 2.37. The Kier molecular flexibility index (Phi) is 29.3. The maximum Gasteiger partial charge on any atom is 0.387 e. The molecule has 0 spiro atoms. The average Bonchev–Trinajstić information content (AvgIpc) is 1.56. The Labute approximate surface area is 859 Å². The molecule has 7 aromatic heterocycles. The first-order chi connectivity index (χ1) is 72.3. The first-order valence-electron chi connectivity index (χ1n) is 48.5. The molecule has 26 nitrogen and oxygen atoms in total. The topological polar surface area (TPSA) is 403 Å². The molecule has 0 aliphatic heterocycles.